The van der Waals surface area contributed by atoms with Gasteiger partial charge in [-0.25, -0.2) is 4.98 Å². The second-order valence-corrected chi connectivity index (χ2v) is 4.47. The summed E-state index contributed by atoms with van der Waals surface area (Å²) in [5.41, 5.74) is 6.15. The number of thiazole rings is 1. The Kier molecular flexibility index (Phi) is 5.33. The highest BCUT2D eigenvalue weighted by atomic mass is 35.5. The molecule has 98 valence electrons. The molecule has 2 aromatic rings. The van der Waals surface area contributed by atoms with Gasteiger partial charge in [-0.2, -0.15) is 0 Å². The van der Waals surface area contributed by atoms with E-state index >= 15 is 0 Å². The summed E-state index contributed by atoms with van der Waals surface area (Å²) in [4.78, 5) is 15.7. The Balaban J connectivity index is 0.00000162. The minimum atomic E-state index is -0.112. The molecular weight excluding hydrogens is 274 g/mol. The third-order valence-corrected chi connectivity index (χ3v) is 3.15. The van der Waals surface area contributed by atoms with Gasteiger partial charge in [-0.15, -0.1) is 12.4 Å². The fourth-order valence-corrected chi connectivity index (χ4v) is 2.31. The highest BCUT2D eigenvalue weighted by molar-refractivity contribution is 7.22. The summed E-state index contributed by atoms with van der Waals surface area (Å²) in [6.45, 7) is 0.338. The third kappa shape index (κ3) is 3.32. The number of hydrogen-bond donors (Lipinski definition) is 2. The van der Waals surface area contributed by atoms with E-state index in [4.69, 9.17) is 10.5 Å². The standard InChI is InChI=1S/C11H13N3O2S.ClH/c1-16-7-2-3-8-9(6-7)17-11(13-8)14-10(15)4-5-12;/h2-3,6H,4-5,12H2,1H3,(H,13,14,15);1H. The summed E-state index contributed by atoms with van der Waals surface area (Å²) in [5, 5.41) is 3.31. The molecule has 0 fully saturated rings. The van der Waals surface area contributed by atoms with Gasteiger partial charge in [0, 0.05) is 13.0 Å². The predicted octanol–water partition coefficient (Wildman–Crippen LogP) is 2.01. The quantitative estimate of drug-likeness (QED) is 0.902. The first-order chi connectivity index (χ1) is 8.22. The molecule has 1 aromatic carbocycles. The van der Waals surface area contributed by atoms with Gasteiger partial charge in [0.1, 0.15) is 5.75 Å². The van der Waals surface area contributed by atoms with Crippen LogP contribution in [0, 0.1) is 0 Å². The maximum absolute atomic E-state index is 11.4. The predicted molar refractivity (Wildman–Crippen MR) is 75.7 cm³/mol. The van der Waals surface area contributed by atoms with E-state index in [1.165, 1.54) is 11.3 Å². The lowest BCUT2D eigenvalue weighted by atomic mass is 10.3. The number of ether oxygens (including phenoxy) is 1. The number of hydrogen-bond acceptors (Lipinski definition) is 5. The number of benzene rings is 1. The Morgan fingerprint density at radius 2 is 2.33 bits per heavy atom. The molecule has 0 bridgehead atoms. The molecule has 0 atom stereocenters. The first-order valence-electron chi connectivity index (χ1n) is 5.17. The van der Waals surface area contributed by atoms with E-state index in [9.17, 15) is 4.79 Å². The van der Waals surface area contributed by atoms with Gasteiger partial charge in [0.05, 0.1) is 17.3 Å². The number of carbonyl (C=O) groups is 1. The third-order valence-electron chi connectivity index (χ3n) is 2.21. The van der Waals surface area contributed by atoms with Gasteiger partial charge >= 0.3 is 0 Å². The van der Waals surface area contributed by atoms with Crippen LogP contribution in [0.4, 0.5) is 5.13 Å². The van der Waals surface area contributed by atoms with Crippen molar-refractivity contribution in [2.24, 2.45) is 5.73 Å². The lowest BCUT2D eigenvalue weighted by Gasteiger charge is -1.97. The molecule has 5 nitrogen and oxygen atoms in total. The Morgan fingerprint density at radius 1 is 1.56 bits per heavy atom. The van der Waals surface area contributed by atoms with Crippen molar-refractivity contribution in [2.45, 2.75) is 6.42 Å². The summed E-state index contributed by atoms with van der Waals surface area (Å²) in [6, 6.07) is 5.60. The van der Waals surface area contributed by atoms with E-state index in [1.807, 2.05) is 18.2 Å². The van der Waals surface area contributed by atoms with Gasteiger partial charge in [-0.1, -0.05) is 11.3 Å². The van der Waals surface area contributed by atoms with Crippen molar-refractivity contribution >= 4 is 45.0 Å². The number of anilines is 1. The van der Waals surface area contributed by atoms with Crippen molar-refractivity contribution in [2.75, 3.05) is 19.0 Å². The molecule has 2 rings (SSSR count). The topological polar surface area (TPSA) is 77.2 Å². The molecule has 0 aliphatic carbocycles. The zero-order chi connectivity index (χ0) is 12.3. The van der Waals surface area contributed by atoms with Gasteiger partial charge in [-0.05, 0) is 18.2 Å². The molecule has 3 N–H and O–H groups in total. The number of nitrogens with zero attached hydrogens (tertiary/aromatic N) is 1. The molecule has 7 heteroatoms. The summed E-state index contributed by atoms with van der Waals surface area (Å²) < 4.78 is 6.11. The maximum Gasteiger partial charge on any atom is 0.227 e. The molecule has 1 heterocycles. The van der Waals surface area contributed by atoms with Crippen LogP contribution in [0.5, 0.6) is 5.75 Å². The van der Waals surface area contributed by atoms with E-state index in [1.54, 1.807) is 7.11 Å². The normalized spacial score (nSPS) is 9.89. The van der Waals surface area contributed by atoms with Gasteiger partial charge in [0.2, 0.25) is 5.91 Å². The molecule has 0 radical (unpaired) electrons. The van der Waals surface area contributed by atoms with E-state index < -0.39 is 0 Å². The Labute approximate surface area is 115 Å². The Bertz CT molecular complexity index is 544. The molecule has 0 aliphatic rings. The summed E-state index contributed by atoms with van der Waals surface area (Å²) in [6.07, 6.45) is 0.305. The van der Waals surface area contributed by atoms with Crippen molar-refractivity contribution in [1.29, 1.82) is 0 Å². The fraction of sp³-hybridized carbons (Fsp3) is 0.273. The fourth-order valence-electron chi connectivity index (χ4n) is 1.40. The highest BCUT2D eigenvalue weighted by Gasteiger charge is 2.07. The highest BCUT2D eigenvalue weighted by Crippen LogP contribution is 2.29. The average molecular weight is 288 g/mol. The van der Waals surface area contributed by atoms with Gasteiger partial charge in [-0.3, -0.25) is 4.79 Å². The minimum absolute atomic E-state index is 0. The largest absolute Gasteiger partial charge is 0.497 e. The molecule has 0 saturated heterocycles. The zero-order valence-corrected chi connectivity index (χ0v) is 11.4. The van der Waals surface area contributed by atoms with Crippen molar-refractivity contribution < 1.29 is 9.53 Å². The van der Waals surface area contributed by atoms with Crippen LogP contribution >= 0.6 is 23.7 Å². The SMILES string of the molecule is COc1ccc2nc(NC(=O)CCN)sc2c1.Cl. The van der Waals surface area contributed by atoms with Crippen LogP contribution in [0.3, 0.4) is 0 Å². The first-order valence-corrected chi connectivity index (χ1v) is 5.99. The van der Waals surface area contributed by atoms with Crippen molar-refractivity contribution in [3.05, 3.63) is 18.2 Å². The second kappa shape index (κ2) is 6.53. The summed E-state index contributed by atoms with van der Waals surface area (Å²) in [5.74, 6) is 0.666. The van der Waals surface area contributed by atoms with Crippen LogP contribution in [0.25, 0.3) is 10.2 Å². The lowest BCUT2D eigenvalue weighted by Crippen LogP contribution is -2.15. The van der Waals surface area contributed by atoms with E-state index in [2.05, 4.69) is 10.3 Å². The van der Waals surface area contributed by atoms with Crippen LogP contribution < -0.4 is 15.8 Å². The van der Waals surface area contributed by atoms with Crippen molar-refractivity contribution in [3.63, 3.8) is 0 Å². The van der Waals surface area contributed by atoms with Gasteiger partial charge in [0.25, 0.3) is 0 Å². The molecule has 0 saturated carbocycles. The van der Waals surface area contributed by atoms with Crippen molar-refractivity contribution in [3.8, 4) is 5.75 Å². The smallest absolute Gasteiger partial charge is 0.227 e. The summed E-state index contributed by atoms with van der Waals surface area (Å²) >= 11 is 1.42. The molecule has 0 spiro atoms. The number of halogens is 1. The average Bonchev–Trinajstić information content (AvgIpc) is 2.69. The van der Waals surface area contributed by atoms with Gasteiger partial charge < -0.3 is 15.8 Å². The number of nitrogens with one attached hydrogen (secondary N) is 1. The van der Waals surface area contributed by atoms with Gasteiger partial charge in [0.15, 0.2) is 5.13 Å². The van der Waals surface area contributed by atoms with E-state index in [0.717, 1.165) is 16.0 Å². The monoisotopic (exact) mass is 287 g/mol. The molecular formula is C11H14ClN3O2S. The van der Waals surface area contributed by atoms with Crippen LogP contribution in [-0.2, 0) is 4.79 Å². The first kappa shape index (κ1) is 14.7. The minimum Gasteiger partial charge on any atom is -0.497 e. The molecule has 18 heavy (non-hydrogen) atoms. The second-order valence-electron chi connectivity index (χ2n) is 3.44. The Morgan fingerprint density at radius 3 is 3.00 bits per heavy atom. The van der Waals surface area contributed by atoms with Crippen LogP contribution in [0.2, 0.25) is 0 Å². The number of amides is 1. The molecule has 0 unspecified atom stereocenters. The number of rotatable bonds is 4. The van der Waals surface area contributed by atoms with Crippen molar-refractivity contribution in [1.82, 2.24) is 4.98 Å². The number of fused-ring (bicyclic) bond motifs is 1. The maximum atomic E-state index is 11.4. The number of aromatic nitrogens is 1. The number of nitrogens with two attached hydrogens (primary N) is 1. The number of methoxy groups -OCH3 is 1. The lowest BCUT2D eigenvalue weighted by molar-refractivity contribution is -0.116. The van der Waals surface area contributed by atoms with E-state index in [-0.39, 0.29) is 18.3 Å². The van der Waals surface area contributed by atoms with E-state index in [0.29, 0.717) is 18.1 Å². The van der Waals surface area contributed by atoms with Crippen LogP contribution in [0.1, 0.15) is 6.42 Å². The van der Waals surface area contributed by atoms with Crippen LogP contribution in [-0.4, -0.2) is 24.5 Å². The Hall–Kier alpha value is -1.37. The molecule has 1 aromatic heterocycles. The summed E-state index contributed by atoms with van der Waals surface area (Å²) in [7, 11) is 1.62. The molecule has 1 amide bonds. The number of carbonyl (C=O) groups excluding carboxylic acids is 1. The zero-order valence-electron chi connectivity index (χ0n) is 9.80. The van der Waals surface area contributed by atoms with Crippen LogP contribution in [0.15, 0.2) is 18.2 Å². The molecule has 0 aliphatic heterocycles.